The average Bonchev–Trinajstić information content (AvgIpc) is 2.78. The minimum atomic E-state index is -0.409. The van der Waals surface area contributed by atoms with E-state index in [0.717, 1.165) is 23.3 Å². The van der Waals surface area contributed by atoms with Crippen LogP contribution < -0.4 is 4.74 Å². The highest BCUT2D eigenvalue weighted by molar-refractivity contribution is 7.98. The molecule has 5 heteroatoms. The van der Waals surface area contributed by atoms with E-state index in [1.165, 1.54) is 12.7 Å². The van der Waals surface area contributed by atoms with E-state index in [4.69, 9.17) is 9.15 Å². The Morgan fingerprint density at radius 1 is 1.40 bits per heavy atom. The van der Waals surface area contributed by atoms with Gasteiger partial charge in [-0.2, -0.15) is 11.8 Å². The van der Waals surface area contributed by atoms with Gasteiger partial charge in [-0.1, -0.05) is 12.1 Å². The van der Waals surface area contributed by atoms with Crippen LogP contribution in [0.3, 0.4) is 0 Å². The number of fused-ring (bicyclic) bond motifs is 1. The molecule has 1 heterocycles. The van der Waals surface area contributed by atoms with Gasteiger partial charge >= 0.3 is 5.97 Å². The summed E-state index contributed by atoms with van der Waals surface area (Å²) in [5.74, 6) is 2.12. The summed E-state index contributed by atoms with van der Waals surface area (Å²) in [6, 6.07) is 5.73. The van der Waals surface area contributed by atoms with Crippen LogP contribution >= 0.6 is 11.8 Å². The molecule has 0 aliphatic rings. The van der Waals surface area contributed by atoms with E-state index in [9.17, 15) is 4.79 Å². The molecular weight excluding hydrogens is 276 g/mol. The number of furan rings is 1. The van der Waals surface area contributed by atoms with E-state index in [1.54, 1.807) is 17.8 Å². The lowest BCUT2D eigenvalue weighted by molar-refractivity contribution is -0.142. The fourth-order valence-corrected chi connectivity index (χ4v) is 2.50. The number of rotatable bonds is 6. The van der Waals surface area contributed by atoms with Gasteiger partial charge in [0.25, 0.3) is 0 Å². The van der Waals surface area contributed by atoms with Gasteiger partial charge in [0.1, 0.15) is 5.76 Å². The van der Waals surface area contributed by atoms with Crippen LogP contribution in [0.5, 0.6) is 5.75 Å². The van der Waals surface area contributed by atoms with E-state index in [-0.39, 0.29) is 6.61 Å². The van der Waals surface area contributed by atoms with Gasteiger partial charge in [-0.15, -0.1) is 0 Å². The summed E-state index contributed by atoms with van der Waals surface area (Å²) >= 11 is 1.80. The van der Waals surface area contributed by atoms with Gasteiger partial charge in [-0.05, 0) is 31.4 Å². The maximum Gasteiger partial charge on any atom is 0.343 e. The van der Waals surface area contributed by atoms with Crippen molar-refractivity contribution in [2.45, 2.75) is 13.3 Å². The highest BCUT2D eigenvalue weighted by Gasteiger charge is 2.15. The summed E-state index contributed by atoms with van der Waals surface area (Å²) in [6.07, 6.45) is 3.04. The first-order valence-electron chi connectivity index (χ1n) is 6.37. The number of hydrogen-bond acceptors (Lipinski definition) is 5. The second-order valence-corrected chi connectivity index (χ2v) is 5.36. The van der Waals surface area contributed by atoms with Gasteiger partial charge in [0.05, 0.1) is 7.11 Å². The van der Waals surface area contributed by atoms with Crippen molar-refractivity contribution >= 4 is 28.7 Å². The SMILES string of the molecule is COC(=O)COc1cccc2c(CCSC)c(C)oc12. The van der Waals surface area contributed by atoms with Gasteiger partial charge in [-0.25, -0.2) is 4.79 Å². The Morgan fingerprint density at radius 2 is 2.20 bits per heavy atom. The number of hydrogen-bond donors (Lipinski definition) is 0. The lowest BCUT2D eigenvalue weighted by Gasteiger charge is -2.05. The summed E-state index contributed by atoms with van der Waals surface area (Å²) in [5, 5.41) is 1.05. The number of carbonyl (C=O) groups excluding carboxylic acids is 1. The number of methoxy groups -OCH3 is 1. The van der Waals surface area contributed by atoms with Crippen molar-refractivity contribution in [2.24, 2.45) is 0 Å². The van der Waals surface area contributed by atoms with Crippen LogP contribution in [0.1, 0.15) is 11.3 Å². The zero-order valence-electron chi connectivity index (χ0n) is 11.9. The van der Waals surface area contributed by atoms with E-state index < -0.39 is 5.97 Å². The second-order valence-electron chi connectivity index (χ2n) is 4.38. The molecule has 0 saturated carbocycles. The highest BCUT2D eigenvalue weighted by Crippen LogP contribution is 2.33. The fourth-order valence-electron chi connectivity index (χ4n) is 2.09. The van der Waals surface area contributed by atoms with E-state index in [1.807, 2.05) is 19.1 Å². The largest absolute Gasteiger partial charge is 0.478 e. The smallest absolute Gasteiger partial charge is 0.343 e. The average molecular weight is 294 g/mol. The highest BCUT2D eigenvalue weighted by atomic mass is 32.2. The maximum absolute atomic E-state index is 11.2. The molecule has 0 aliphatic heterocycles. The number of thioether (sulfide) groups is 1. The quantitative estimate of drug-likeness (QED) is 0.766. The van der Waals surface area contributed by atoms with Gasteiger partial charge in [0, 0.05) is 10.9 Å². The number of carbonyl (C=O) groups is 1. The summed E-state index contributed by atoms with van der Waals surface area (Å²) in [6.45, 7) is 1.84. The van der Waals surface area contributed by atoms with Crippen molar-refractivity contribution in [3.8, 4) is 5.75 Å². The topological polar surface area (TPSA) is 48.7 Å². The molecule has 0 bridgehead atoms. The monoisotopic (exact) mass is 294 g/mol. The number of ether oxygens (including phenoxy) is 2. The molecule has 0 N–H and O–H groups in total. The normalized spacial score (nSPS) is 10.8. The molecule has 0 aliphatic carbocycles. The first-order valence-corrected chi connectivity index (χ1v) is 7.76. The van der Waals surface area contributed by atoms with Gasteiger partial charge in [0.2, 0.25) is 0 Å². The number of esters is 1. The van der Waals surface area contributed by atoms with Crippen molar-refractivity contribution in [2.75, 3.05) is 25.7 Å². The van der Waals surface area contributed by atoms with E-state index in [0.29, 0.717) is 11.3 Å². The summed E-state index contributed by atoms with van der Waals surface area (Å²) in [5.41, 5.74) is 1.91. The minimum Gasteiger partial charge on any atom is -0.478 e. The van der Waals surface area contributed by atoms with Gasteiger partial charge < -0.3 is 13.9 Å². The predicted octanol–water partition coefficient (Wildman–Crippen LogP) is 3.20. The standard InChI is InChI=1S/C15H18O4S/c1-10-11(7-8-20-3)12-5-4-6-13(15(12)19-10)18-9-14(16)17-2/h4-6H,7-9H2,1-3H3. The summed E-state index contributed by atoms with van der Waals surface area (Å²) < 4.78 is 15.8. The molecule has 2 rings (SSSR count). The Balaban J connectivity index is 2.30. The van der Waals surface area contributed by atoms with Crippen LogP contribution in [-0.4, -0.2) is 31.7 Å². The van der Waals surface area contributed by atoms with Crippen molar-refractivity contribution in [1.29, 1.82) is 0 Å². The Labute approximate surface area is 122 Å². The third kappa shape index (κ3) is 3.10. The Hall–Kier alpha value is -1.62. The predicted molar refractivity (Wildman–Crippen MR) is 80.5 cm³/mol. The third-order valence-corrected chi connectivity index (χ3v) is 3.73. The summed E-state index contributed by atoms with van der Waals surface area (Å²) in [4.78, 5) is 11.2. The van der Waals surface area contributed by atoms with Crippen LogP contribution in [0.2, 0.25) is 0 Å². The van der Waals surface area contributed by atoms with Gasteiger partial charge in [-0.3, -0.25) is 0 Å². The molecule has 1 aromatic carbocycles. The number of aryl methyl sites for hydroxylation is 2. The molecule has 0 saturated heterocycles. The maximum atomic E-state index is 11.2. The lowest BCUT2D eigenvalue weighted by Crippen LogP contribution is -2.12. The van der Waals surface area contributed by atoms with E-state index >= 15 is 0 Å². The molecular formula is C15H18O4S. The fraction of sp³-hybridized carbons (Fsp3) is 0.400. The van der Waals surface area contributed by atoms with E-state index in [2.05, 4.69) is 11.0 Å². The Bertz CT molecular complexity index is 603. The van der Waals surface area contributed by atoms with Crippen molar-refractivity contribution in [3.63, 3.8) is 0 Å². The molecule has 0 atom stereocenters. The molecule has 0 radical (unpaired) electrons. The van der Waals surface area contributed by atoms with Crippen LogP contribution in [0.15, 0.2) is 22.6 Å². The molecule has 0 amide bonds. The Morgan fingerprint density at radius 3 is 2.90 bits per heavy atom. The minimum absolute atomic E-state index is 0.116. The lowest BCUT2D eigenvalue weighted by atomic mass is 10.1. The van der Waals surface area contributed by atoms with Crippen LogP contribution in [0.4, 0.5) is 0 Å². The zero-order chi connectivity index (χ0) is 14.5. The number of benzene rings is 1. The molecule has 1 aromatic heterocycles. The molecule has 0 unspecified atom stereocenters. The molecule has 0 fully saturated rings. The number of para-hydroxylation sites is 1. The molecule has 20 heavy (non-hydrogen) atoms. The van der Waals surface area contributed by atoms with Crippen LogP contribution in [0, 0.1) is 6.92 Å². The molecule has 2 aromatic rings. The first-order chi connectivity index (χ1) is 9.67. The first kappa shape index (κ1) is 14.8. The van der Waals surface area contributed by atoms with Gasteiger partial charge in [0.15, 0.2) is 17.9 Å². The zero-order valence-corrected chi connectivity index (χ0v) is 12.7. The van der Waals surface area contributed by atoms with Crippen LogP contribution in [-0.2, 0) is 16.0 Å². The van der Waals surface area contributed by atoms with Crippen molar-refractivity contribution in [3.05, 3.63) is 29.5 Å². The molecule has 4 nitrogen and oxygen atoms in total. The van der Waals surface area contributed by atoms with Crippen molar-refractivity contribution < 1.29 is 18.7 Å². The Kier molecular flexibility index (Phi) is 4.95. The van der Waals surface area contributed by atoms with Crippen LogP contribution in [0.25, 0.3) is 11.0 Å². The summed E-state index contributed by atoms with van der Waals surface area (Å²) in [7, 11) is 1.34. The molecule has 0 spiro atoms. The molecule has 108 valence electrons. The second kappa shape index (κ2) is 6.70. The third-order valence-electron chi connectivity index (χ3n) is 3.11. The van der Waals surface area contributed by atoms with Crippen molar-refractivity contribution in [1.82, 2.24) is 0 Å².